The van der Waals surface area contributed by atoms with E-state index in [1.54, 1.807) is 6.92 Å². The second-order valence-corrected chi connectivity index (χ2v) is 0.925. The topological polar surface area (TPSA) is 43.4 Å². The molecule has 0 aliphatic carbocycles. The molecule has 0 aromatic heterocycles. The van der Waals surface area contributed by atoms with Gasteiger partial charge >= 0.3 is 27.0 Å². The van der Waals surface area contributed by atoms with Crippen LogP contribution in [-0.2, 0) is 30.6 Å². The molecule has 0 aliphatic rings. The average molecular weight is 155 g/mol. The van der Waals surface area contributed by atoms with Gasteiger partial charge in [0.1, 0.15) is 0 Å². The Morgan fingerprint density at radius 3 is 2.00 bits per heavy atom. The van der Waals surface area contributed by atoms with Gasteiger partial charge in [0.05, 0.1) is 6.61 Å². The third-order valence-electron chi connectivity index (χ3n) is 0.348. The van der Waals surface area contributed by atoms with E-state index < -0.39 is 0 Å². The van der Waals surface area contributed by atoms with E-state index in [2.05, 4.69) is 4.74 Å². The Hall–Kier alpha value is -0.146. The molecule has 0 aromatic rings. The molecular formula is C4H8O3V. The van der Waals surface area contributed by atoms with Crippen molar-refractivity contribution in [1.29, 1.82) is 0 Å². The Bertz CT molecular complexity index is 64.3. The van der Waals surface area contributed by atoms with Crippen molar-refractivity contribution < 1.29 is 30.6 Å². The maximum atomic E-state index is 9.82. The molecule has 0 amide bonds. The summed E-state index contributed by atoms with van der Waals surface area (Å²) in [6.45, 7) is 3.65. The fourth-order valence-electron chi connectivity index (χ4n) is 0.203. The minimum absolute atomic E-state index is 0.211. The van der Waals surface area contributed by atoms with E-state index in [0.29, 0.717) is 6.61 Å². The monoisotopic (exact) mass is 155 g/mol. The fourth-order valence-corrected chi connectivity index (χ4v) is 0.203. The summed E-state index contributed by atoms with van der Waals surface area (Å²) in [4.78, 5) is 9.82. The quantitative estimate of drug-likeness (QED) is 0.516. The predicted octanol–water partition coefficient (Wildman–Crippen LogP) is 0.448. The van der Waals surface area contributed by atoms with Crippen LogP contribution in [0.15, 0.2) is 0 Å². The molecule has 0 saturated carbocycles. The van der Waals surface area contributed by atoms with Gasteiger partial charge in [-0.05, 0) is 6.92 Å². The Morgan fingerprint density at radius 2 is 2.00 bits per heavy atom. The second kappa shape index (κ2) is 9.97. The zero-order valence-corrected chi connectivity index (χ0v) is 6.28. The van der Waals surface area contributed by atoms with Crippen molar-refractivity contribution in [3.8, 4) is 0 Å². The third-order valence-corrected chi connectivity index (χ3v) is 0.348. The summed E-state index contributed by atoms with van der Waals surface area (Å²) in [5.74, 6) is -0.211. The van der Waals surface area contributed by atoms with Crippen molar-refractivity contribution in [2.75, 3.05) is 6.61 Å². The molecule has 0 heterocycles. The number of carbonyl (C=O) groups excluding carboxylic acids is 1. The maximum absolute atomic E-state index is 9.82. The average Bonchev–Trinajstić information content (AvgIpc) is 1.72. The van der Waals surface area contributed by atoms with Gasteiger partial charge in [-0.25, -0.2) is 0 Å². The Balaban J connectivity index is 0. The molecule has 0 radical (unpaired) electrons. The molecule has 0 bridgehead atoms. The molecule has 0 saturated heterocycles. The molecule has 0 aromatic carbocycles. The molecule has 8 heavy (non-hydrogen) atoms. The van der Waals surface area contributed by atoms with Gasteiger partial charge in [-0.3, -0.25) is 4.79 Å². The molecule has 0 aliphatic heterocycles. The van der Waals surface area contributed by atoms with Crippen LogP contribution in [0.25, 0.3) is 0 Å². The van der Waals surface area contributed by atoms with E-state index in [4.69, 9.17) is 3.67 Å². The van der Waals surface area contributed by atoms with Crippen molar-refractivity contribution in [3.63, 3.8) is 0 Å². The van der Waals surface area contributed by atoms with Gasteiger partial charge in [0, 0.05) is 6.92 Å². The molecular weight excluding hydrogens is 147 g/mol. The summed E-state index contributed by atoms with van der Waals surface area (Å²) in [6, 6.07) is 0. The van der Waals surface area contributed by atoms with Gasteiger partial charge < -0.3 is 4.74 Å². The molecule has 47 valence electrons. The van der Waals surface area contributed by atoms with Crippen LogP contribution < -0.4 is 0 Å². The summed E-state index contributed by atoms with van der Waals surface area (Å²) in [5.41, 5.74) is 0. The normalized spacial score (nSPS) is 6.12. The van der Waals surface area contributed by atoms with E-state index >= 15 is 0 Å². The first kappa shape index (κ1) is 10.8. The van der Waals surface area contributed by atoms with Gasteiger partial charge in [0.25, 0.3) is 0 Å². The number of hydrogen-bond acceptors (Lipinski definition) is 3. The van der Waals surface area contributed by atoms with Crippen LogP contribution in [-0.4, -0.2) is 12.6 Å². The molecule has 0 atom stereocenters. The van der Waals surface area contributed by atoms with Crippen LogP contribution >= 0.6 is 0 Å². The number of ether oxygens (including phenoxy) is 1. The summed E-state index contributed by atoms with van der Waals surface area (Å²) in [7, 11) is 0. The molecule has 0 fully saturated rings. The van der Waals surface area contributed by atoms with Gasteiger partial charge in [-0.2, -0.15) is 0 Å². The fraction of sp³-hybridized carbons (Fsp3) is 0.750. The van der Waals surface area contributed by atoms with Crippen LogP contribution in [0.1, 0.15) is 13.8 Å². The summed E-state index contributed by atoms with van der Waals surface area (Å²) < 4.78 is 12.6. The second-order valence-electron chi connectivity index (χ2n) is 0.925. The van der Waals surface area contributed by atoms with Crippen molar-refractivity contribution in [3.05, 3.63) is 0 Å². The van der Waals surface area contributed by atoms with Crippen molar-refractivity contribution in [2.45, 2.75) is 13.8 Å². The molecule has 0 unspecified atom stereocenters. The van der Waals surface area contributed by atoms with Gasteiger partial charge in [-0.1, -0.05) is 0 Å². The van der Waals surface area contributed by atoms with Crippen molar-refractivity contribution in [2.24, 2.45) is 0 Å². The van der Waals surface area contributed by atoms with E-state index in [9.17, 15) is 4.79 Å². The van der Waals surface area contributed by atoms with Crippen molar-refractivity contribution in [1.82, 2.24) is 0 Å². The summed E-state index contributed by atoms with van der Waals surface area (Å²) >= 11 is 1.06. The first-order chi connectivity index (χ1) is 3.77. The van der Waals surface area contributed by atoms with Crippen molar-refractivity contribution >= 4 is 5.97 Å². The number of esters is 1. The standard InChI is InChI=1S/C4H8O2.O.V/c1-3-6-4(2)5;;/h3H2,1-2H3;;. The van der Waals surface area contributed by atoms with E-state index in [-0.39, 0.29) is 5.97 Å². The zero-order chi connectivity index (χ0) is 6.99. The van der Waals surface area contributed by atoms with E-state index in [1.807, 2.05) is 0 Å². The molecule has 0 N–H and O–H groups in total. The molecule has 0 spiro atoms. The Morgan fingerprint density at radius 1 is 1.62 bits per heavy atom. The molecule has 0 rings (SSSR count). The minimum atomic E-state index is -0.211. The molecule has 3 nitrogen and oxygen atoms in total. The Labute approximate surface area is 57.6 Å². The van der Waals surface area contributed by atoms with Crippen LogP contribution in [0.3, 0.4) is 0 Å². The van der Waals surface area contributed by atoms with Crippen LogP contribution in [0.5, 0.6) is 0 Å². The van der Waals surface area contributed by atoms with Gasteiger partial charge in [-0.15, -0.1) is 0 Å². The molecule has 4 heteroatoms. The van der Waals surface area contributed by atoms with Crippen LogP contribution in [0.2, 0.25) is 0 Å². The van der Waals surface area contributed by atoms with E-state index in [1.165, 1.54) is 6.92 Å². The van der Waals surface area contributed by atoms with Crippen LogP contribution in [0, 0.1) is 0 Å². The Kier molecular flexibility index (Phi) is 13.4. The zero-order valence-electron chi connectivity index (χ0n) is 4.88. The number of carbonyl (C=O) groups is 1. The summed E-state index contributed by atoms with van der Waals surface area (Å²) in [6.07, 6.45) is 0. The number of rotatable bonds is 1. The summed E-state index contributed by atoms with van der Waals surface area (Å²) in [5, 5.41) is 0. The van der Waals surface area contributed by atoms with Crippen LogP contribution in [0.4, 0.5) is 0 Å². The number of hydrogen-bond donors (Lipinski definition) is 0. The first-order valence-corrected chi connectivity index (χ1v) is 2.66. The van der Waals surface area contributed by atoms with Gasteiger partial charge in [0.15, 0.2) is 0 Å². The SMILES string of the molecule is CCOC(C)=O.[O]=[V]. The predicted molar refractivity (Wildman–Crippen MR) is 23.0 cm³/mol. The van der Waals surface area contributed by atoms with E-state index in [0.717, 1.165) is 17.4 Å². The first-order valence-electron chi connectivity index (χ1n) is 2.09. The van der Waals surface area contributed by atoms with Gasteiger partial charge in [0.2, 0.25) is 0 Å². The third kappa shape index (κ3) is 16.9.